The summed E-state index contributed by atoms with van der Waals surface area (Å²) in [7, 11) is 0. The zero-order valence-electron chi connectivity index (χ0n) is 12.4. The van der Waals surface area contributed by atoms with Crippen molar-refractivity contribution in [2.45, 2.75) is 39.7 Å². The van der Waals surface area contributed by atoms with Crippen LogP contribution in [0.15, 0.2) is 18.2 Å². The lowest BCUT2D eigenvalue weighted by Gasteiger charge is -2.27. The Kier molecular flexibility index (Phi) is 6.82. The predicted octanol–water partition coefficient (Wildman–Crippen LogP) is 3.37. The van der Waals surface area contributed by atoms with E-state index in [2.05, 4.69) is 24.1 Å². The normalized spacial score (nSPS) is 12.4. The zero-order chi connectivity index (χ0) is 15.1. The highest BCUT2D eigenvalue weighted by Crippen LogP contribution is 2.23. The van der Waals surface area contributed by atoms with Crippen LogP contribution in [0, 0.1) is 0 Å². The summed E-state index contributed by atoms with van der Waals surface area (Å²) in [5.41, 5.74) is 6.94. The minimum Gasteiger partial charge on any atom is -0.397 e. The number of benzene rings is 1. The van der Waals surface area contributed by atoms with Crippen LogP contribution in [0.3, 0.4) is 0 Å². The van der Waals surface area contributed by atoms with Gasteiger partial charge in [0.15, 0.2) is 0 Å². The van der Waals surface area contributed by atoms with Crippen LogP contribution in [0.25, 0.3) is 0 Å². The topological polar surface area (TPSA) is 58.4 Å². The van der Waals surface area contributed by atoms with Gasteiger partial charge in [-0.25, -0.2) is 0 Å². The zero-order valence-corrected chi connectivity index (χ0v) is 13.2. The molecule has 0 saturated heterocycles. The maximum atomic E-state index is 12.3. The van der Waals surface area contributed by atoms with Crippen molar-refractivity contribution >= 4 is 28.9 Å². The molecule has 5 heteroatoms. The van der Waals surface area contributed by atoms with Gasteiger partial charge in [0, 0.05) is 5.02 Å². The summed E-state index contributed by atoms with van der Waals surface area (Å²) in [6.07, 6.45) is 2.21. The van der Waals surface area contributed by atoms with Crippen LogP contribution in [0.1, 0.15) is 33.6 Å². The number of hydrogen-bond donors (Lipinski definition) is 2. The quantitative estimate of drug-likeness (QED) is 0.759. The lowest BCUT2D eigenvalue weighted by molar-refractivity contribution is -0.120. The molecule has 1 aromatic rings. The van der Waals surface area contributed by atoms with Crippen LogP contribution in [0.2, 0.25) is 5.02 Å². The maximum Gasteiger partial charge on any atom is 0.241 e. The molecule has 0 spiro atoms. The van der Waals surface area contributed by atoms with Crippen molar-refractivity contribution < 1.29 is 4.79 Å². The number of hydrogen-bond acceptors (Lipinski definition) is 3. The van der Waals surface area contributed by atoms with E-state index in [9.17, 15) is 4.79 Å². The number of nitrogens with two attached hydrogens (primary N) is 1. The third-order valence-corrected chi connectivity index (χ3v) is 3.64. The van der Waals surface area contributed by atoms with E-state index in [0.717, 1.165) is 25.9 Å². The van der Waals surface area contributed by atoms with Crippen molar-refractivity contribution in [1.82, 2.24) is 4.90 Å². The number of nitrogen functional groups attached to an aromatic ring is 1. The number of nitrogens with one attached hydrogen (secondary N) is 1. The molecule has 1 atom stereocenters. The van der Waals surface area contributed by atoms with Crippen molar-refractivity contribution in [1.29, 1.82) is 0 Å². The van der Waals surface area contributed by atoms with Gasteiger partial charge in [-0.3, -0.25) is 9.69 Å². The van der Waals surface area contributed by atoms with Gasteiger partial charge in [-0.2, -0.15) is 0 Å². The van der Waals surface area contributed by atoms with Crippen LogP contribution in [0.5, 0.6) is 0 Å². The molecule has 0 aromatic heterocycles. The van der Waals surface area contributed by atoms with Gasteiger partial charge in [-0.15, -0.1) is 0 Å². The van der Waals surface area contributed by atoms with Crippen LogP contribution in [0.4, 0.5) is 11.4 Å². The number of carbonyl (C=O) groups excluding carboxylic acids is 1. The molecule has 0 saturated carbocycles. The number of unbranched alkanes of at least 4 members (excludes halogenated alkanes) is 1. The number of anilines is 2. The number of likely N-dealkylation sites (N-methyl/N-ethyl adjacent to an activating group) is 1. The van der Waals surface area contributed by atoms with Gasteiger partial charge in [0.25, 0.3) is 0 Å². The van der Waals surface area contributed by atoms with Crippen LogP contribution >= 0.6 is 11.6 Å². The van der Waals surface area contributed by atoms with E-state index in [0.29, 0.717) is 16.4 Å². The Hall–Kier alpha value is -1.26. The van der Waals surface area contributed by atoms with Gasteiger partial charge in [-0.05, 0) is 44.6 Å². The van der Waals surface area contributed by atoms with Gasteiger partial charge < -0.3 is 11.1 Å². The third-order valence-electron chi connectivity index (χ3n) is 3.40. The Bertz CT molecular complexity index is 451. The largest absolute Gasteiger partial charge is 0.397 e. The minimum absolute atomic E-state index is 0.0445. The molecule has 0 heterocycles. The predicted molar refractivity (Wildman–Crippen MR) is 86.1 cm³/mol. The summed E-state index contributed by atoms with van der Waals surface area (Å²) in [6, 6.07) is 4.90. The summed E-state index contributed by atoms with van der Waals surface area (Å²) in [4.78, 5) is 14.4. The average Bonchev–Trinajstić information content (AvgIpc) is 2.42. The molecule has 1 aromatic carbocycles. The van der Waals surface area contributed by atoms with Crippen molar-refractivity contribution in [3.8, 4) is 0 Å². The Balaban J connectivity index is 2.68. The lowest BCUT2D eigenvalue weighted by atomic mass is 10.2. The van der Waals surface area contributed by atoms with E-state index >= 15 is 0 Å². The first-order valence-electron chi connectivity index (χ1n) is 7.09. The smallest absolute Gasteiger partial charge is 0.241 e. The highest BCUT2D eigenvalue weighted by atomic mass is 35.5. The maximum absolute atomic E-state index is 12.3. The summed E-state index contributed by atoms with van der Waals surface area (Å²) in [5, 5.41) is 3.43. The second-order valence-corrected chi connectivity index (χ2v) is 5.32. The molecule has 1 rings (SSSR count). The van der Waals surface area contributed by atoms with Crippen LogP contribution in [-0.4, -0.2) is 29.9 Å². The second kappa shape index (κ2) is 8.12. The SMILES string of the molecule is CCCCN(CC)C(C)C(=O)Nc1ccc(Cl)cc1N. The summed E-state index contributed by atoms with van der Waals surface area (Å²) < 4.78 is 0. The second-order valence-electron chi connectivity index (χ2n) is 4.88. The summed E-state index contributed by atoms with van der Waals surface area (Å²) >= 11 is 5.85. The van der Waals surface area contributed by atoms with Gasteiger partial charge in [0.2, 0.25) is 5.91 Å². The van der Waals surface area contributed by atoms with Crippen LogP contribution < -0.4 is 11.1 Å². The summed E-state index contributed by atoms with van der Waals surface area (Å²) in [6.45, 7) is 7.91. The third kappa shape index (κ3) is 4.69. The van der Waals surface area contributed by atoms with Gasteiger partial charge in [0.1, 0.15) is 0 Å². The number of halogens is 1. The van der Waals surface area contributed by atoms with Gasteiger partial charge in [-0.1, -0.05) is 31.9 Å². The van der Waals surface area contributed by atoms with E-state index < -0.39 is 0 Å². The molecule has 112 valence electrons. The minimum atomic E-state index is -0.179. The van der Waals surface area contributed by atoms with Crippen molar-refractivity contribution in [2.24, 2.45) is 0 Å². The van der Waals surface area contributed by atoms with Crippen molar-refractivity contribution in [2.75, 3.05) is 24.1 Å². The molecular formula is C15H24ClN3O. The van der Waals surface area contributed by atoms with Gasteiger partial charge in [0.05, 0.1) is 17.4 Å². The van der Waals surface area contributed by atoms with Gasteiger partial charge >= 0.3 is 0 Å². The van der Waals surface area contributed by atoms with Crippen molar-refractivity contribution in [3.63, 3.8) is 0 Å². The van der Waals surface area contributed by atoms with E-state index in [1.165, 1.54) is 0 Å². The monoisotopic (exact) mass is 297 g/mol. The molecule has 20 heavy (non-hydrogen) atoms. The highest BCUT2D eigenvalue weighted by molar-refractivity contribution is 6.31. The first kappa shape index (κ1) is 16.8. The van der Waals surface area contributed by atoms with E-state index in [1.54, 1.807) is 18.2 Å². The molecule has 0 aliphatic heterocycles. The fourth-order valence-electron chi connectivity index (χ4n) is 2.04. The number of amides is 1. The van der Waals surface area contributed by atoms with E-state index in [1.807, 2.05) is 6.92 Å². The van der Waals surface area contributed by atoms with E-state index in [-0.39, 0.29) is 11.9 Å². The summed E-state index contributed by atoms with van der Waals surface area (Å²) in [5.74, 6) is -0.0445. The number of nitrogens with zero attached hydrogens (tertiary/aromatic N) is 1. The highest BCUT2D eigenvalue weighted by Gasteiger charge is 2.20. The molecule has 4 nitrogen and oxygen atoms in total. The fraction of sp³-hybridized carbons (Fsp3) is 0.533. The Morgan fingerprint density at radius 3 is 2.70 bits per heavy atom. The Morgan fingerprint density at radius 1 is 1.45 bits per heavy atom. The molecule has 0 bridgehead atoms. The number of carbonyl (C=O) groups is 1. The molecule has 1 amide bonds. The van der Waals surface area contributed by atoms with Crippen LogP contribution in [-0.2, 0) is 4.79 Å². The Morgan fingerprint density at radius 2 is 2.15 bits per heavy atom. The van der Waals surface area contributed by atoms with E-state index in [4.69, 9.17) is 17.3 Å². The lowest BCUT2D eigenvalue weighted by Crippen LogP contribution is -2.42. The Labute approximate surface area is 126 Å². The molecule has 0 aliphatic carbocycles. The first-order chi connectivity index (χ1) is 9.49. The molecule has 3 N–H and O–H groups in total. The number of rotatable bonds is 7. The molecule has 0 radical (unpaired) electrons. The first-order valence-corrected chi connectivity index (χ1v) is 7.47. The molecular weight excluding hydrogens is 274 g/mol. The molecule has 1 unspecified atom stereocenters. The molecule has 0 fully saturated rings. The molecule has 0 aliphatic rings. The average molecular weight is 298 g/mol. The fourth-order valence-corrected chi connectivity index (χ4v) is 2.22. The standard InChI is InChI=1S/C15H24ClN3O/c1-4-6-9-19(5-2)11(3)15(20)18-14-8-7-12(16)10-13(14)17/h7-8,10-11H,4-6,9,17H2,1-3H3,(H,18,20). The van der Waals surface area contributed by atoms with Crippen molar-refractivity contribution in [3.05, 3.63) is 23.2 Å².